The molecule has 2 heterocycles. The number of likely N-dealkylation sites (N-methyl/N-ethyl adjacent to an activating group) is 1. The standard InChI is InChI=1S/C20H26N6O2/c1-15(16-7-9-17(10-8-16)26-14-21-13-23-26)25(4)20(27)22-12-18(24(2)3)19-6-5-11-28-19/h5-11,13-15,18H,12H2,1-4H3,(H,22,27). The van der Waals surface area contributed by atoms with Crippen LogP contribution in [0.3, 0.4) is 0 Å². The third kappa shape index (κ3) is 4.40. The van der Waals surface area contributed by atoms with Crippen LogP contribution in [0.25, 0.3) is 5.69 Å². The van der Waals surface area contributed by atoms with Gasteiger partial charge in [-0.15, -0.1) is 0 Å². The molecular formula is C20H26N6O2. The number of carbonyl (C=O) groups is 1. The van der Waals surface area contributed by atoms with Gasteiger partial charge in [0.05, 0.1) is 24.0 Å². The van der Waals surface area contributed by atoms with Crippen LogP contribution in [0.2, 0.25) is 0 Å². The van der Waals surface area contributed by atoms with Gasteiger partial charge in [-0.1, -0.05) is 12.1 Å². The van der Waals surface area contributed by atoms with Crippen molar-refractivity contribution >= 4 is 6.03 Å². The second-order valence-corrected chi connectivity index (χ2v) is 6.90. The van der Waals surface area contributed by atoms with Crippen LogP contribution < -0.4 is 5.32 Å². The molecule has 2 aromatic heterocycles. The minimum atomic E-state index is -0.133. The van der Waals surface area contributed by atoms with Crippen molar-refractivity contribution in [3.8, 4) is 5.69 Å². The molecule has 148 valence electrons. The average Bonchev–Trinajstić information content (AvgIpc) is 3.41. The molecule has 28 heavy (non-hydrogen) atoms. The molecule has 0 fully saturated rings. The third-order valence-electron chi connectivity index (χ3n) is 4.90. The van der Waals surface area contributed by atoms with Gasteiger partial charge in [-0.25, -0.2) is 14.5 Å². The fourth-order valence-electron chi connectivity index (χ4n) is 2.97. The first-order valence-corrected chi connectivity index (χ1v) is 9.13. The van der Waals surface area contributed by atoms with Crippen LogP contribution in [-0.2, 0) is 0 Å². The van der Waals surface area contributed by atoms with Crippen LogP contribution in [0.5, 0.6) is 0 Å². The van der Waals surface area contributed by atoms with E-state index in [4.69, 9.17) is 4.42 Å². The van der Waals surface area contributed by atoms with E-state index in [1.54, 1.807) is 29.2 Å². The van der Waals surface area contributed by atoms with Crippen LogP contribution in [0, 0.1) is 0 Å². The topological polar surface area (TPSA) is 79.4 Å². The van der Waals surface area contributed by atoms with E-state index in [0.717, 1.165) is 17.0 Å². The Morgan fingerprint density at radius 2 is 1.96 bits per heavy atom. The van der Waals surface area contributed by atoms with Gasteiger partial charge in [0.15, 0.2) is 0 Å². The Kier molecular flexibility index (Phi) is 6.10. The summed E-state index contributed by atoms with van der Waals surface area (Å²) in [6.45, 7) is 2.46. The minimum Gasteiger partial charge on any atom is -0.468 e. The molecule has 8 nitrogen and oxygen atoms in total. The van der Waals surface area contributed by atoms with Gasteiger partial charge in [0.2, 0.25) is 0 Å². The highest BCUT2D eigenvalue weighted by Gasteiger charge is 2.21. The Bertz CT molecular complexity index is 859. The minimum absolute atomic E-state index is 0.0235. The molecule has 0 spiro atoms. The summed E-state index contributed by atoms with van der Waals surface area (Å²) >= 11 is 0. The molecule has 0 saturated heterocycles. The zero-order chi connectivity index (χ0) is 20.1. The molecular weight excluding hydrogens is 356 g/mol. The molecule has 0 aliphatic rings. The molecule has 0 radical (unpaired) electrons. The third-order valence-corrected chi connectivity index (χ3v) is 4.90. The number of aromatic nitrogens is 3. The predicted octanol–water partition coefficient (Wildman–Crippen LogP) is 2.87. The molecule has 0 bridgehead atoms. The van der Waals surface area contributed by atoms with Crippen LogP contribution in [0.1, 0.15) is 30.3 Å². The van der Waals surface area contributed by atoms with Crippen molar-refractivity contribution in [1.82, 2.24) is 29.9 Å². The molecule has 1 N–H and O–H groups in total. The van der Waals surface area contributed by atoms with Gasteiger partial charge in [0.1, 0.15) is 18.4 Å². The second-order valence-electron chi connectivity index (χ2n) is 6.90. The van der Waals surface area contributed by atoms with Gasteiger partial charge in [-0.3, -0.25) is 4.90 Å². The second kappa shape index (κ2) is 8.71. The molecule has 2 unspecified atom stereocenters. The smallest absolute Gasteiger partial charge is 0.317 e. The van der Waals surface area contributed by atoms with Gasteiger partial charge < -0.3 is 14.6 Å². The fraction of sp³-hybridized carbons (Fsp3) is 0.350. The van der Waals surface area contributed by atoms with Crippen molar-refractivity contribution in [3.05, 3.63) is 66.6 Å². The number of nitrogens with one attached hydrogen (secondary N) is 1. The van der Waals surface area contributed by atoms with Crippen molar-refractivity contribution in [2.75, 3.05) is 27.7 Å². The van der Waals surface area contributed by atoms with Crippen molar-refractivity contribution in [3.63, 3.8) is 0 Å². The summed E-state index contributed by atoms with van der Waals surface area (Å²) in [7, 11) is 5.72. The number of furan rings is 1. The number of benzene rings is 1. The number of hydrogen-bond donors (Lipinski definition) is 1. The van der Waals surface area contributed by atoms with Crippen molar-refractivity contribution in [2.24, 2.45) is 0 Å². The summed E-state index contributed by atoms with van der Waals surface area (Å²) in [5.74, 6) is 0.824. The number of hydrogen-bond acceptors (Lipinski definition) is 5. The first-order chi connectivity index (χ1) is 13.5. The highest BCUT2D eigenvalue weighted by Crippen LogP contribution is 2.21. The Hall–Kier alpha value is -3.13. The Labute approximate surface area is 164 Å². The van der Waals surface area contributed by atoms with Crippen molar-refractivity contribution in [2.45, 2.75) is 19.0 Å². The first kappa shape index (κ1) is 19.6. The largest absolute Gasteiger partial charge is 0.468 e. The lowest BCUT2D eigenvalue weighted by molar-refractivity contribution is 0.186. The molecule has 2 atom stereocenters. The quantitative estimate of drug-likeness (QED) is 0.680. The number of nitrogens with zero attached hydrogens (tertiary/aromatic N) is 5. The molecule has 8 heteroatoms. The molecule has 1 aromatic carbocycles. The van der Waals surface area contributed by atoms with E-state index in [2.05, 4.69) is 15.4 Å². The number of amides is 2. The van der Waals surface area contributed by atoms with E-state index in [1.807, 2.05) is 62.3 Å². The predicted molar refractivity (Wildman–Crippen MR) is 106 cm³/mol. The fourth-order valence-corrected chi connectivity index (χ4v) is 2.97. The van der Waals surface area contributed by atoms with Crippen molar-refractivity contribution in [1.29, 1.82) is 0 Å². The first-order valence-electron chi connectivity index (χ1n) is 9.13. The lowest BCUT2D eigenvalue weighted by Gasteiger charge is -2.28. The SMILES string of the molecule is CC(c1ccc(-n2cncn2)cc1)N(C)C(=O)NCC(c1ccco1)N(C)C. The summed E-state index contributed by atoms with van der Waals surface area (Å²) in [4.78, 5) is 20.3. The molecule has 3 rings (SSSR count). The van der Waals surface area contributed by atoms with Gasteiger partial charge in [-0.05, 0) is 50.8 Å². The van der Waals surface area contributed by atoms with Crippen LogP contribution in [-0.4, -0.2) is 58.3 Å². The summed E-state index contributed by atoms with van der Waals surface area (Å²) in [5.41, 5.74) is 1.96. The maximum atomic E-state index is 12.7. The summed E-state index contributed by atoms with van der Waals surface area (Å²) in [6, 6.07) is 11.5. The lowest BCUT2D eigenvalue weighted by Crippen LogP contribution is -2.42. The number of carbonyl (C=O) groups excluding carboxylic acids is 1. The number of rotatable bonds is 7. The van der Waals surface area contributed by atoms with Gasteiger partial charge >= 0.3 is 6.03 Å². The highest BCUT2D eigenvalue weighted by molar-refractivity contribution is 5.74. The van der Waals surface area contributed by atoms with Gasteiger partial charge in [0, 0.05) is 13.6 Å². The monoisotopic (exact) mass is 382 g/mol. The van der Waals surface area contributed by atoms with E-state index in [1.165, 1.54) is 6.33 Å². The maximum Gasteiger partial charge on any atom is 0.317 e. The van der Waals surface area contributed by atoms with E-state index in [0.29, 0.717) is 6.54 Å². The van der Waals surface area contributed by atoms with E-state index in [9.17, 15) is 4.79 Å². The molecule has 0 saturated carbocycles. The van der Waals surface area contributed by atoms with E-state index in [-0.39, 0.29) is 18.1 Å². The maximum absolute atomic E-state index is 12.7. The van der Waals surface area contributed by atoms with Gasteiger partial charge in [-0.2, -0.15) is 5.10 Å². The van der Waals surface area contributed by atoms with E-state index < -0.39 is 0 Å². The van der Waals surface area contributed by atoms with Crippen LogP contribution >= 0.6 is 0 Å². The van der Waals surface area contributed by atoms with Crippen LogP contribution in [0.4, 0.5) is 4.79 Å². The Morgan fingerprint density at radius 1 is 1.21 bits per heavy atom. The molecule has 0 aliphatic heterocycles. The van der Waals surface area contributed by atoms with Crippen LogP contribution in [0.15, 0.2) is 59.7 Å². The zero-order valence-corrected chi connectivity index (χ0v) is 16.6. The van der Waals surface area contributed by atoms with Gasteiger partial charge in [0.25, 0.3) is 0 Å². The van der Waals surface area contributed by atoms with E-state index >= 15 is 0 Å². The number of urea groups is 1. The highest BCUT2D eigenvalue weighted by atomic mass is 16.3. The zero-order valence-electron chi connectivity index (χ0n) is 16.6. The Balaban J connectivity index is 1.60. The Morgan fingerprint density at radius 3 is 2.54 bits per heavy atom. The summed E-state index contributed by atoms with van der Waals surface area (Å²) in [5, 5.41) is 7.12. The normalized spacial score (nSPS) is 13.3. The molecule has 3 aromatic rings. The van der Waals surface area contributed by atoms with Crippen molar-refractivity contribution < 1.29 is 9.21 Å². The average molecular weight is 382 g/mol. The summed E-state index contributed by atoms with van der Waals surface area (Å²) in [6.07, 6.45) is 4.79. The lowest BCUT2D eigenvalue weighted by atomic mass is 10.1. The molecule has 0 aliphatic carbocycles. The molecule has 2 amide bonds. The summed E-state index contributed by atoms with van der Waals surface area (Å²) < 4.78 is 7.19.